The van der Waals surface area contributed by atoms with E-state index in [2.05, 4.69) is 5.32 Å². The van der Waals surface area contributed by atoms with Crippen LogP contribution in [-0.2, 0) is 0 Å². The zero-order valence-corrected chi connectivity index (χ0v) is 12.0. The Balaban J connectivity index is 1.80. The van der Waals surface area contributed by atoms with Gasteiger partial charge in [-0.2, -0.15) is 0 Å². The first kappa shape index (κ1) is 14.6. The van der Waals surface area contributed by atoms with Crippen molar-refractivity contribution in [2.45, 2.75) is 18.9 Å². The second kappa shape index (κ2) is 6.19. The van der Waals surface area contributed by atoms with E-state index in [1.807, 2.05) is 0 Å². The predicted octanol–water partition coefficient (Wildman–Crippen LogP) is 3.07. The molecule has 0 radical (unpaired) electrons. The van der Waals surface area contributed by atoms with E-state index in [0.29, 0.717) is 17.9 Å². The molecule has 22 heavy (non-hydrogen) atoms. The Kier molecular flexibility index (Phi) is 4.11. The quantitative estimate of drug-likeness (QED) is 0.916. The Hall–Kier alpha value is -2.34. The molecule has 116 valence electrons. The molecule has 1 unspecified atom stereocenters. The third kappa shape index (κ3) is 2.82. The van der Waals surface area contributed by atoms with E-state index in [4.69, 9.17) is 4.42 Å². The van der Waals surface area contributed by atoms with Crippen molar-refractivity contribution in [1.82, 2.24) is 4.90 Å². The van der Waals surface area contributed by atoms with E-state index in [1.54, 1.807) is 23.1 Å². The largest absolute Gasteiger partial charge is 0.464 e. The number of hydrogen-bond acceptors (Lipinski definition) is 3. The van der Waals surface area contributed by atoms with Crippen molar-refractivity contribution in [2.24, 2.45) is 0 Å². The lowest BCUT2D eigenvalue weighted by Crippen LogP contribution is -2.40. The Labute approximate surface area is 127 Å². The summed E-state index contributed by atoms with van der Waals surface area (Å²) in [5.74, 6) is 0.0910. The summed E-state index contributed by atoms with van der Waals surface area (Å²) < 4.78 is 19.2. The molecule has 1 aliphatic heterocycles. The van der Waals surface area contributed by atoms with Gasteiger partial charge in [0.05, 0.1) is 24.6 Å². The molecule has 2 amide bonds. The van der Waals surface area contributed by atoms with Gasteiger partial charge in [-0.3, -0.25) is 0 Å². The molecular formula is C16H17FN2O3. The van der Waals surface area contributed by atoms with E-state index in [9.17, 15) is 14.3 Å². The molecule has 5 nitrogen and oxygen atoms in total. The molecule has 1 fully saturated rings. The van der Waals surface area contributed by atoms with Crippen LogP contribution < -0.4 is 5.32 Å². The number of nitrogens with zero attached hydrogens (tertiary/aromatic N) is 1. The highest BCUT2D eigenvalue weighted by molar-refractivity contribution is 5.90. The maximum absolute atomic E-state index is 13.9. The van der Waals surface area contributed by atoms with E-state index in [1.165, 1.54) is 18.4 Å². The highest BCUT2D eigenvalue weighted by Gasteiger charge is 2.28. The van der Waals surface area contributed by atoms with Gasteiger partial charge in [0.25, 0.3) is 0 Å². The summed E-state index contributed by atoms with van der Waals surface area (Å²) in [7, 11) is 0. The highest BCUT2D eigenvalue weighted by Crippen LogP contribution is 2.26. The zero-order valence-electron chi connectivity index (χ0n) is 12.0. The van der Waals surface area contributed by atoms with Crippen LogP contribution in [0.5, 0.6) is 0 Å². The van der Waals surface area contributed by atoms with E-state index < -0.39 is 11.8 Å². The number of nitrogens with one attached hydrogen (secondary N) is 1. The molecule has 6 heteroatoms. The number of anilines is 1. The number of aliphatic hydroxyl groups is 1. The number of urea groups is 1. The van der Waals surface area contributed by atoms with Crippen molar-refractivity contribution in [2.75, 3.05) is 18.5 Å². The van der Waals surface area contributed by atoms with Crippen LogP contribution in [0.1, 0.15) is 12.8 Å². The molecule has 0 aliphatic carbocycles. The third-order valence-corrected chi connectivity index (χ3v) is 3.86. The van der Waals surface area contributed by atoms with Crippen LogP contribution in [0.2, 0.25) is 0 Å². The number of aliphatic hydroxyl groups excluding tert-OH is 1. The molecule has 0 saturated carbocycles. The fourth-order valence-corrected chi connectivity index (χ4v) is 2.70. The minimum absolute atomic E-state index is 0.0810. The first-order valence-electron chi connectivity index (χ1n) is 7.21. The number of amides is 2. The van der Waals surface area contributed by atoms with Crippen molar-refractivity contribution >= 4 is 11.7 Å². The number of benzene rings is 1. The van der Waals surface area contributed by atoms with Crippen LogP contribution in [0.4, 0.5) is 14.9 Å². The molecule has 0 bridgehead atoms. The normalized spacial score (nSPS) is 17.7. The van der Waals surface area contributed by atoms with Gasteiger partial charge in [-0.05, 0) is 43.2 Å². The number of furan rings is 1. The summed E-state index contributed by atoms with van der Waals surface area (Å²) in [6.45, 7) is 0.485. The first-order chi connectivity index (χ1) is 10.7. The van der Waals surface area contributed by atoms with Gasteiger partial charge in [0.2, 0.25) is 0 Å². The van der Waals surface area contributed by atoms with Crippen molar-refractivity contribution < 1.29 is 18.7 Å². The van der Waals surface area contributed by atoms with E-state index in [0.717, 1.165) is 12.8 Å². The van der Waals surface area contributed by atoms with Gasteiger partial charge >= 0.3 is 6.03 Å². The smallest absolute Gasteiger partial charge is 0.322 e. The van der Waals surface area contributed by atoms with Crippen LogP contribution in [-0.4, -0.2) is 35.2 Å². The SMILES string of the molecule is O=C(Nc1cc(-c2ccco2)ccc1F)N1CCCC1CO. The van der Waals surface area contributed by atoms with Gasteiger partial charge in [0, 0.05) is 12.1 Å². The molecule has 1 saturated heterocycles. The maximum atomic E-state index is 13.9. The Bertz CT molecular complexity index is 657. The molecule has 1 aliphatic rings. The number of rotatable bonds is 3. The lowest BCUT2D eigenvalue weighted by molar-refractivity contribution is 0.166. The van der Waals surface area contributed by atoms with Crippen molar-refractivity contribution in [3.8, 4) is 11.3 Å². The third-order valence-electron chi connectivity index (χ3n) is 3.86. The Morgan fingerprint density at radius 1 is 1.45 bits per heavy atom. The van der Waals surface area contributed by atoms with E-state index >= 15 is 0 Å². The molecule has 1 atom stereocenters. The zero-order chi connectivity index (χ0) is 15.5. The Morgan fingerprint density at radius 2 is 2.32 bits per heavy atom. The van der Waals surface area contributed by atoms with Gasteiger partial charge in [-0.25, -0.2) is 9.18 Å². The number of halogens is 1. The van der Waals surface area contributed by atoms with Crippen LogP contribution >= 0.6 is 0 Å². The van der Waals surface area contributed by atoms with Crippen molar-refractivity contribution in [3.05, 3.63) is 42.4 Å². The van der Waals surface area contributed by atoms with Crippen LogP contribution in [0.3, 0.4) is 0 Å². The summed E-state index contributed by atoms with van der Waals surface area (Å²) in [6.07, 6.45) is 3.14. The molecule has 0 spiro atoms. The lowest BCUT2D eigenvalue weighted by atomic mass is 10.1. The van der Waals surface area contributed by atoms with Crippen LogP contribution in [0.25, 0.3) is 11.3 Å². The molecule has 1 aromatic carbocycles. The fourth-order valence-electron chi connectivity index (χ4n) is 2.70. The van der Waals surface area contributed by atoms with Crippen LogP contribution in [0, 0.1) is 5.82 Å². The van der Waals surface area contributed by atoms with Gasteiger partial charge in [-0.1, -0.05) is 0 Å². The standard InChI is InChI=1S/C16H17FN2O3/c17-13-6-5-11(15-4-2-8-22-15)9-14(13)18-16(21)19-7-1-3-12(19)10-20/h2,4-6,8-9,12,20H,1,3,7,10H2,(H,18,21). The number of hydrogen-bond donors (Lipinski definition) is 2. The fraction of sp³-hybridized carbons (Fsp3) is 0.312. The molecular weight excluding hydrogens is 287 g/mol. The average Bonchev–Trinajstić information content (AvgIpc) is 3.20. The summed E-state index contributed by atoms with van der Waals surface area (Å²) in [4.78, 5) is 13.8. The van der Waals surface area contributed by atoms with Crippen LogP contribution in [0.15, 0.2) is 41.0 Å². The summed E-state index contributed by atoms with van der Waals surface area (Å²) in [6, 6.07) is 7.34. The van der Waals surface area contributed by atoms with Gasteiger partial charge in [0.1, 0.15) is 11.6 Å². The van der Waals surface area contributed by atoms with Crippen molar-refractivity contribution in [1.29, 1.82) is 0 Å². The molecule has 1 aromatic heterocycles. The highest BCUT2D eigenvalue weighted by atomic mass is 19.1. The van der Waals surface area contributed by atoms with Gasteiger partial charge in [0.15, 0.2) is 0 Å². The summed E-state index contributed by atoms with van der Waals surface area (Å²) in [5, 5.41) is 11.8. The lowest BCUT2D eigenvalue weighted by Gasteiger charge is -2.23. The van der Waals surface area contributed by atoms with Crippen molar-refractivity contribution in [3.63, 3.8) is 0 Å². The number of carbonyl (C=O) groups excluding carboxylic acids is 1. The monoisotopic (exact) mass is 304 g/mol. The summed E-state index contributed by atoms with van der Waals surface area (Å²) in [5.41, 5.74) is 0.782. The molecule has 2 N–H and O–H groups in total. The average molecular weight is 304 g/mol. The first-order valence-corrected chi connectivity index (χ1v) is 7.21. The molecule has 2 heterocycles. The number of carbonyl (C=O) groups is 1. The summed E-state index contributed by atoms with van der Waals surface area (Å²) >= 11 is 0. The molecule has 2 aromatic rings. The second-order valence-electron chi connectivity index (χ2n) is 5.27. The topological polar surface area (TPSA) is 65.7 Å². The second-order valence-corrected chi connectivity index (χ2v) is 5.27. The van der Waals surface area contributed by atoms with E-state index in [-0.39, 0.29) is 18.3 Å². The van der Waals surface area contributed by atoms with Gasteiger partial charge < -0.3 is 19.7 Å². The Morgan fingerprint density at radius 3 is 3.05 bits per heavy atom. The molecule has 3 rings (SSSR count). The number of likely N-dealkylation sites (tertiary alicyclic amines) is 1. The minimum atomic E-state index is -0.511. The van der Waals surface area contributed by atoms with Gasteiger partial charge in [-0.15, -0.1) is 0 Å². The minimum Gasteiger partial charge on any atom is -0.464 e. The predicted molar refractivity (Wildman–Crippen MR) is 79.9 cm³/mol. The maximum Gasteiger partial charge on any atom is 0.322 e.